The maximum Gasteiger partial charge on any atom is 0.223 e. The van der Waals surface area contributed by atoms with Gasteiger partial charge in [-0.2, -0.15) is 0 Å². The zero-order valence-corrected chi connectivity index (χ0v) is 10.8. The van der Waals surface area contributed by atoms with Gasteiger partial charge in [-0.15, -0.1) is 0 Å². The van der Waals surface area contributed by atoms with Gasteiger partial charge in [0, 0.05) is 31.1 Å². The quantitative estimate of drug-likeness (QED) is 0.743. The third-order valence-corrected chi connectivity index (χ3v) is 3.99. The summed E-state index contributed by atoms with van der Waals surface area (Å²) in [5.74, 6) is 0.238. The van der Waals surface area contributed by atoms with Crippen molar-refractivity contribution in [3.05, 3.63) is 0 Å². The van der Waals surface area contributed by atoms with Crippen LogP contribution in [0.2, 0.25) is 0 Å². The number of amides is 1. The van der Waals surface area contributed by atoms with Crippen LogP contribution in [0.5, 0.6) is 0 Å². The van der Waals surface area contributed by atoms with Gasteiger partial charge in [-0.1, -0.05) is 6.92 Å². The van der Waals surface area contributed by atoms with E-state index in [1.54, 1.807) is 0 Å². The van der Waals surface area contributed by atoms with Crippen LogP contribution in [-0.4, -0.2) is 42.5 Å². The number of hydrogen-bond acceptors (Lipinski definition) is 3. The molecule has 1 amide bonds. The first-order chi connectivity index (χ1) is 8.20. The molecule has 1 heterocycles. The maximum atomic E-state index is 11.8. The van der Waals surface area contributed by atoms with Crippen molar-refractivity contribution in [2.75, 3.05) is 19.6 Å². The Balaban J connectivity index is 1.68. The Bertz CT molecular complexity index is 257. The fourth-order valence-electron chi connectivity index (χ4n) is 2.57. The van der Waals surface area contributed by atoms with Gasteiger partial charge in [-0.25, -0.2) is 0 Å². The van der Waals surface area contributed by atoms with E-state index in [-0.39, 0.29) is 11.8 Å². The summed E-state index contributed by atoms with van der Waals surface area (Å²) in [5, 5.41) is 3.16. The standard InChI is InChI=1S/C13H25N3O/c1-10(4-7-14)13(17)15-11-5-8-16(9-6-11)12-2-3-12/h10-12H,2-9,14H2,1H3,(H,15,17). The minimum Gasteiger partial charge on any atom is -0.353 e. The molecule has 0 radical (unpaired) electrons. The summed E-state index contributed by atoms with van der Waals surface area (Å²) in [6.45, 7) is 4.86. The highest BCUT2D eigenvalue weighted by Crippen LogP contribution is 2.29. The highest BCUT2D eigenvalue weighted by atomic mass is 16.1. The number of hydrogen-bond donors (Lipinski definition) is 2. The fraction of sp³-hybridized carbons (Fsp3) is 0.923. The summed E-state index contributed by atoms with van der Waals surface area (Å²) in [7, 11) is 0. The van der Waals surface area contributed by atoms with E-state index >= 15 is 0 Å². The zero-order valence-electron chi connectivity index (χ0n) is 10.8. The first kappa shape index (κ1) is 12.8. The average molecular weight is 239 g/mol. The van der Waals surface area contributed by atoms with Gasteiger partial charge in [0.05, 0.1) is 0 Å². The molecule has 2 rings (SSSR count). The Labute approximate surface area is 104 Å². The fourth-order valence-corrected chi connectivity index (χ4v) is 2.57. The minimum absolute atomic E-state index is 0.0569. The number of carbonyl (C=O) groups excluding carboxylic acids is 1. The topological polar surface area (TPSA) is 58.4 Å². The molecule has 0 aromatic heterocycles. The van der Waals surface area contributed by atoms with Crippen LogP contribution in [0.1, 0.15) is 39.0 Å². The lowest BCUT2D eigenvalue weighted by Gasteiger charge is -2.32. The maximum absolute atomic E-state index is 11.8. The van der Waals surface area contributed by atoms with Crippen molar-refractivity contribution >= 4 is 5.91 Å². The Morgan fingerprint density at radius 3 is 2.53 bits per heavy atom. The molecule has 1 atom stereocenters. The summed E-state index contributed by atoms with van der Waals surface area (Å²) in [6, 6.07) is 1.25. The van der Waals surface area contributed by atoms with Crippen molar-refractivity contribution < 1.29 is 4.79 Å². The van der Waals surface area contributed by atoms with Crippen LogP contribution in [-0.2, 0) is 4.79 Å². The van der Waals surface area contributed by atoms with Gasteiger partial charge in [-0.05, 0) is 38.6 Å². The highest BCUT2D eigenvalue weighted by Gasteiger charge is 2.32. The van der Waals surface area contributed by atoms with Crippen molar-refractivity contribution in [3.8, 4) is 0 Å². The number of nitrogens with zero attached hydrogens (tertiary/aromatic N) is 1. The van der Waals surface area contributed by atoms with Crippen molar-refractivity contribution in [1.29, 1.82) is 0 Å². The van der Waals surface area contributed by atoms with E-state index < -0.39 is 0 Å². The van der Waals surface area contributed by atoms with Crippen LogP contribution < -0.4 is 11.1 Å². The van der Waals surface area contributed by atoms with E-state index in [0.717, 1.165) is 38.4 Å². The lowest BCUT2D eigenvalue weighted by molar-refractivity contribution is -0.125. The molecule has 0 spiro atoms. The second-order valence-electron chi connectivity index (χ2n) is 5.53. The first-order valence-corrected chi connectivity index (χ1v) is 6.95. The van der Waals surface area contributed by atoms with Gasteiger partial charge in [0.2, 0.25) is 5.91 Å². The van der Waals surface area contributed by atoms with E-state index in [4.69, 9.17) is 5.73 Å². The third kappa shape index (κ3) is 3.68. The van der Waals surface area contributed by atoms with E-state index in [1.165, 1.54) is 12.8 Å². The normalized spacial score (nSPS) is 24.6. The van der Waals surface area contributed by atoms with E-state index in [9.17, 15) is 4.79 Å². The van der Waals surface area contributed by atoms with Crippen LogP contribution >= 0.6 is 0 Å². The Kier molecular flexibility index (Phi) is 4.40. The van der Waals surface area contributed by atoms with Gasteiger partial charge in [0.25, 0.3) is 0 Å². The van der Waals surface area contributed by atoms with Gasteiger partial charge in [0.15, 0.2) is 0 Å². The zero-order chi connectivity index (χ0) is 12.3. The smallest absolute Gasteiger partial charge is 0.223 e. The second kappa shape index (κ2) is 5.83. The average Bonchev–Trinajstić information content (AvgIpc) is 3.14. The molecule has 2 fully saturated rings. The largest absolute Gasteiger partial charge is 0.353 e. The highest BCUT2D eigenvalue weighted by molar-refractivity contribution is 5.78. The van der Waals surface area contributed by atoms with E-state index in [0.29, 0.717) is 12.6 Å². The monoisotopic (exact) mass is 239 g/mol. The summed E-state index contributed by atoms with van der Waals surface area (Å²) >= 11 is 0. The van der Waals surface area contributed by atoms with Crippen LogP contribution in [0, 0.1) is 5.92 Å². The molecule has 1 aliphatic carbocycles. The number of likely N-dealkylation sites (tertiary alicyclic amines) is 1. The van der Waals surface area contributed by atoms with Crippen molar-refractivity contribution in [2.24, 2.45) is 11.7 Å². The molecular formula is C13H25N3O. The first-order valence-electron chi connectivity index (χ1n) is 6.95. The summed E-state index contributed by atoms with van der Waals surface area (Å²) in [4.78, 5) is 14.4. The van der Waals surface area contributed by atoms with Crippen LogP contribution in [0.25, 0.3) is 0 Å². The SMILES string of the molecule is CC(CCN)C(=O)NC1CCN(C2CC2)CC1. The molecule has 3 N–H and O–H groups in total. The lowest BCUT2D eigenvalue weighted by Crippen LogP contribution is -2.46. The van der Waals surface area contributed by atoms with Gasteiger partial charge < -0.3 is 16.0 Å². The summed E-state index contributed by atoms with van der Waals surface area (Å²) in [5.41, 5.74) is 5.47. The van der Waals surface area contributed by atoms with Gasteiger partial charge in [-0.3, -0.25) is 4.79 Å². The number of nitrogens with one attached hydrogen (secondary N) is 1. The molecular weight excluding hydrogens is 214 g/mol. The molecule has 1 unspecified atom stereocenters. The van der Waals surface area contributed by atoms with Gasteiger partial charge >= 0.3 is 0 Å². The predicted molar refractivity (Wildman–Crippen MR) is 68.6 cm³/mol. The second-order valence-corrected chi connectivity index (χ2v) is 5.53. The van der Waals surface area contributed by atoms with Crippen LogP contribution in [0.4, 0.5) is 0 Å². The summed E-state index contributed by atoms with van der Waals surface area (Å²) in [6.07, 6.45) is 5.76. The Hall–Kier alpha value is -0.610. The lowest BCUT2D eigenvalue weighted by atomic mass is 10.0. The third-order valence-electron chi connectivity index (χ3n) is 3.99. The van der Waals surface area contributed by atoms with Crippen molar-refractivity contribution in [2.45, 2.75) is 51.1 Å². The number of rotatable bonds is 5. The molecule has 2 aliphatic rings. The molecule has 1 saturated carbocycles. The predicted octanol–water partition coefficient (Wildman–Crippen LogP) is 0.714. The summed E-state index contributed by atoms with van der Waals surface area (Å²) < 4.78 is 0. The molecule has 0 bridgehead atoms. The molecule has 1 saturated heterocycles. The molecule has 1 aliphatic heterocycles. The molecule has 0 aromatic rings. The number of nitrogens with two attached hydrogens (primary N) is 1. The Morgan fingerprint density at radius 1 is 1.35 bits per heavy atom. The Morgan fingerprint density at radius 2 is 2.00 bits per heavy atom. The molecule has 98 valence electrons. The number of carbonyl (C=O) groups is 1. The molecule has 0 aromatic carbocycles. The molecule has 4 nitrogen and oxygen atoms in total. The van der Waals surface area contributed by atoms with Crippen LogP contribution in [0.3, 0.4) is 0 Å². The van der Waals surface area contributed by atoms with Crippen molar-refractivity contribution in [1.82, 2.24) is 10.2 Å². The van der Waals surface area contributed by atoms with Gasteiger partial charge in [0.1, 0.15) is 0 Å². The van der Waals surface area contributed by atoms with E-state index in [2.05, 4.69) is 10.2 Å². The van der Waals surface area contributed by atoms with E-state index in [1.807, 2.05) is 6.92 Å². The molecule has 4 heteroatoms. The van der Waals surface area contributed by atoms with Crippen molar-refractivity contribution in [3.63, 3.8) is 0 Å². The number of piperidine rings is 1. The minimum atomic E-state index is 0.0569. The van der Waals surface area contributed by atoms with Crippen LogP contribution in [0.15, 0.2) is 0 Å². The molecule has 17 heavy (non-hydrogen) atoms.